The van der Waals surface area contributed by atoms with Crippen molar-refractivity contribution in [1.82, 2.24) is 15.3 Å². The van der Waals surface area contributed by atoms with Crippen molar-refractivity contribution in [3.63, 3.8) is 0 Å². The fraction of sp³-hybridized carbons (Fsp3) is 0.105. The van der Waals surface area contributed by atoms with E-state index in [1.165, 1.54) is 24.5 Å². The largest absolute Gasteiger partial charge is 0.497 e. The molecule has 1 N–H and O–H groups in total. The summed E-state index contributed by atoms with van der Waals surface area (Å²) < 4.78 is 18.3. The zero-order valence-corrected chi connectivity index (χ0v) is 13.6. The zero-order valence-electron chi connectivity index (χ0n) is 13.6. The molecule has 0 aliphatic heterocycles. The van der Waals surface area contributed by atoms with Crippen molar-refractivity contribution in [2.45, 2.75) is 6.54 Å². The summed E-state index contributed by atoms with van der Waals surface area (Å²) in [5, 5.41) is 2.80. The standard InChI is InChI=1S/C19H16FN3O2/c1-25-17-7-5-13(6-8-17)10-23-19(24)15-11-21-18(22-12-15)14-3-2-4-16(20)9-14/h2-9,11-12H,10H2,1H3,(H,23,24). The molecule has 126 valence electrons. The number of halogens is 1. The van der Waals surface area contributed by atoms with Crippen LogP contribution in [0.25, 0.3) is 11.4 Å². The van der Waals surface area contributed by atoms with Crippen LogP contribution < -0.4 is 10.1 Å². The van der Waals surface area contributed by atoms with Crippen molar-refractivity contribution in [3.05, 3.63) is 77.9 Å². The number of rotatable bonds is 5. The van der Waals surface area contributed by atoms with Crippen LogP contribution in [0.15, 0.2) is 60.9 Å². The Bertz CT molecular complexity index is 865. The number of nitrogens with one attached hydrogen (secondary N) is 1. The lowest BCUT2D eigenvalue weighted by Crippen LogP contribution is -2.23. The molecule has 0 saturated heterocycles. The molecule has 6 heteroatoms. The molecule has 0 saturated carbocycles. The molecule has 0 unspecified atom stereocenters. The topological polar surface area (TPSA) is 64.1 Å². The van der Waals surface area contributed by atoms with Crippen LogP contribution in [-0.4, -0.2) is 23.0 Å². The van der Waals surface area contributed by atoms with Crippen LogP contribution >= 0.6 is 0 Å². The first-order valence-electron chi connectivity index (χ1n) is 7.65. The summed E-state index contributed by atoms with van der Waals surface area (Å²) in [6, 6.07) is 13.4. The molecule has 2 aromatic carbocycles. The molecule has 0 spiro atoms. The van der Waals surface area contributed by atoms with Crippen molar-refractivity contribution in [2.24, 2.45) is 0 Å². The molecule has 5 nitrogen and oxygen atoms in total. The number of carbonyl (C=O) groups excluding carboxylic acids is 1. The van der Waals surface area contributed by atoms with E-state index >= 15 is 0 Å². The molecule has 0 radical (unpaired) electrons. The SMILES string of the molecule is COc1ccc(CNC(=O)c2cnc(-c3cccc(F)c3)nc2)cc1. The number of benzene rings is 2. The maximum atomic E-state index is 13.2. The van der Waals surface area contributed by atoms with E-state index in [9.17, 15) is 9.18 Å². The van der Waals surface area contributed by atoms with E-state index in [2.05, 4.69) is 15.3 Å². The minimum absolute atomic E-state index is 0.276. The summed E-state index contributed by atoms with van der Waals surface area (Å²) in [4.78, 5) is 20.4. The Labute approximate surface area is 144 Å². The highest BCUT2D eigenvalue weighted by atomic mass is 19.1. The molecule has 1 amide bonds. The molecule has 1 aromatic heterocycles. The van der Waals surface area contributed by atoms with Gasteiger partial charge in [0.1, 0.15) is 11.6 Å². The monoisotopic (exact) mass is 337 g/mol. The maximum Gasteiger partial charge on any atom is 0.254 e. The van der Waals surface area contributed by atoms with Crippen LogP contribution in [0.1, 0.15) is 15.9 Å². The molecule has 3 rings (SSSR count). The lowest BCUT2D eigenvalue weighted by atomic mass is 10.2. The van der Waals surface area contributed by atoms with E-state index in [-0.39, 0.29) is 11.7 Å². The third kappa shape index (κ3) is 4.17. The Hall–Kier alpha value is -3.28. The lowest BCUT2D eigenvalue weighted by Gasteiger charge is -2.07. The number of hydrogen-bond acceptors (Lipinski definition) is 4. The van der Waals surface area contributed by atoms with Crippen LogP contribution in [0.2, 0.25) is 0 Å². The quantitative estimate of drug-likeness (QED) is 0.776. The smallest absolute Gasteiger partial charge is 0.254 e. The minimum atomic E-state index is -0.359. The predicted molar refractivity (Wildman–Crippen MR) is 91.6 cm³/mol. The third-order valence-electron chi connectivity index (χ3n) is 3.61. The van der Waals surface area contributed by atoms with Gasteiger partial charge in [-0.1, -0.05) is 24.3 Å². The van der Waals surface area contributed by atoms with Crippen LogP contribution in [0.5, 0.6) is 5.75 Å². The van der Waals surface area contributed by atoms with Gasteiger partial charge in [0.05, 0.1) is 12.7 Å². The number of aromatic nitrogens is 2. The molecular weight excluding hydrogens is 321 g/mol. The fourth-order valence-corrected chi connectivity index (χ4v) is 2.25. The van der Waals surface area contributed by atoms with Gasteiger partial charge in [-0.05, 0) is 29.8 Å². The first kappa shape index (κ1) is 16.6. The summed E-state index contributed by atoms with van der Waals surface area (Å²) in [6.07, 6.45) is 2.85. The van der Waals surface area contributed by atoms with Gasteiger partial charge in [-0.3, -0.25) is 4.79 Å². The Morgan fingerprint density at radius 1 is 1.12 bits per heavy atom. The highest BCUT2D eigenvalue weighted by Gasteiger charge is 2.08. The van der Waals surface area contributed by atoms with E-state index in [1.54, 1.807) is 19.2 Å². The second-order valence-electron chi connectivity index (χ2n) is 5.34. The average Bonchev–Trinajstić information content (AvgIpc) is 2.66. The first-order valence-corrected chi connectivity index (χ1v) is 7.65. The number of hydrogen-bond donors (Lipinski definition) is 1. The number of amides is 1. The molecule has 0 bridgehead atoms. The van der Waals surface area contributed by atoms with Gasteiger partial charge in [0.2, 0.25) is 0 Å². The van der Waals surface area contributed by atoms with E-state index in [0.29, 0.717) is 23.5 Å². The summed E-state index contributed by atoms with van der Waals surface area (Å²) in [5.74, 6) is 0.492. The molecule has 0 atom stereocenters. The Balaban J connectivity index is 1.64. The number of nitrogens with zero attached hydrogens (tertiary/aromatic N) is 2. The van der Waals surface area contributed by atoms with E-state index in [4.69, 9.17) is 4.74 Å². The third-order valence-corrected chi connectivity index (χ3v) is 3.61. The average molecular weight is 337 g/mol. The normalized spacial score (nSPS) is 10.3. The van der Waals surface area contributed by atoms with Crippen LogP contribution in [0.3, 0.4) is 0 Å². The van der Waals surface area contributed by atoms with Gasteiger partial charge in [-0.2, -0.15) is 0 Å². The van der Waals surface area contributed by atoms with E-state index < -0.39 is 0 Å². The number of ether oxygens (including phenoxy) is 1. The van der Waals surface area contributed by atoms with Gasteiger partial charge < -0.3 is 10.1 Å². The van der Waals surface area contributed by atoms with E-state index in [0.717, 1.165) is 11.3 Å². The van der Waals surface area contributed by atoms with Gasteiger partial charge in [0.25, 0.3) is 5.91 Å². The fourth-order valence-electron chi connectivity index (χ4n) is 2.25. The van der Waals surface area contributed by atoms with E-state index in [1.807, 2.05) is 24.3 Å². The van der Waals surface area contributed by atoms with Gasteiger partial charge in [-0.15, -0.1) is 0 Å². The molecule has 25 heavy (non-hydrogen) atoms. The number of carbonyl (C=O) groups is 1. The van der Waals surface area contributed by atoms with Crippen LogP contribution in [-0.2, 0) is 6.54 Å². The Morgan fingerprint density at radius 2 is 1.84 bits per heavy atom. The predicted octanol–water partition coefficient (Wildman–Crippen LogP) is 3.22. The molecule has 3 aromatic rings. The van der Waals surface area contributed by atoms with Crippen LogP contribution in [0, 0.1) is 5.82 Å². The highest BCUT2D eigenvalue weighted by molar-refractivity contribution is 5.93. The Morgan fingerprint density at radius 3 is 2.48 bits per heavy atom. The van der Waals surface area contributed by atoms with Crippen molar-refractivity contribution >= 4 is 5.91 Å². The highest BCUT2D eigenvalue weighted by Crippen LogP contribution is 2.15. The molecular formula is C19H16FN3O2. The van der Waals surface area contributed by atoms with Crippen molar-refractivity contribution < 1.29 is 13.9 Å². The summed E-state index contributed by atoms with van der Waals surface area (Å²) >= 11 is 0. The minimum Gasteiger partial charge on any atom is -0.497 e. The maximum absolute atomic E-state index is 13.2. The second kappa shape index (κ2) is 7.53. The molecule has 0 aliphatic rings. The number of methoxy groups -OCH3 is 1. The van der Waals surface area contributed by atoms with Crippen molar-refractivity contribution in [2.75, 3.05) is 7.11 Å². The summed E-state index contributed by atoms with van der Waals surface area (Å²) in [6.45, 7) is 0.383. The molecule has 0 fully saturated rings. The lowest BCUT2D eigenvalue weighted by molar-refractivity contribution is 0.0950. The molecule has 1 heterocycles. The Kier molecular flexibility index (Phi) is 4.99. The first-order chi connectivity index (χ1) is 12.2. The second-order valence-corrected chi connectivity index (χ2v) is 5.34. The summed E-state index contributed by atoms with van der Waals surface area (Å²) in [5.41, 5.74) is 1.85. The molecule has 0 aliphatic carbocycles. The zero-order chi connectivity index (χ0) is 17.6. The van der Waals surface area contributed by atoms with Crippen LogP contribution in [0.4, 0.5) is 4.39 Å². The van der Waals surface area contributed by atoms with Crippen molar-refractivity contribution in [1.29, 1.82) is 0 Å². The van der Waals surface area contributed by atoms with Gasteiger partial charge in [0, 0.05) is 24.5 Å². The van der Waals surface area contributed by atoms with Gasteiger partial charge in [-0.25, -0.2) is 14.4 Å². The summed E-state index contributed by atoms with van der Waals surface area (Å²) in [7, 11) is 1.60. The van der Waals surface area contributed by atoms with Gasteiger partial charge >= 0.3 is 0 Å². The van der Waals surface area contributed by atoms with Crippen molar-refractivity contribution in [3.8, 4) is 17.1 Å². The van der Waals surface area contributed by atoms with Gasteiger partial charge in [0.15, 0.2) is 5.82 Å².